The topological polar surface area (TPSA) is 46.9 Å². The van der Waals surface area contributed by atoms with Crippen molar-refractivity contribution in [2.45, 2.75) is 6.92 Å². The second-order valence-corrected chi connectivity index (χ2v) is 3.54. The van der Waals surface area contributed by atoms with E-state index in [9.17, 15) is 4.79 Å². The lowest BCUT2D eigenvalue weighted by molar-refractivity contribution is 0.0955. The molecule has 0 aromatic carbocycles. The van der Waals surface area contributed by atoms with Crippen LogP contribution in [0.4, 0.5) is 0 Å². The Balaban J connectivity index is 2.70. The quantitative estimate of drug-likeness (QED) is 0.804. The van der Waals surface area contributed by atoms with Crippen LogP contribution in [0.2, 0.25) is 0 Å². The van der Waals surface area contributed by atoms with Crippen molar-refractivity contribution < 1.29 is 4.79 Å². The highest BCUT2D eigenvalue weighted by atomic mass is 79.9. The van der Waals surface area contributed by atoms with E-state index >= 15 is 0 Å². The lowest BCUT2D eigenvalue weighted by Gasteiger charge is -1.99. The number of rotatable bonds is 3. The first-order chi connectivity index (χ1) is 6.15. The highest BCUT2D eigenvalue weighted by molar-refractivity contribution is 9.09. The maximum atomic E-state index is 11.5. The first-order valence-electron chi connectivity index (χ1n) is 3.99. The predicted molar refractivity (Wildman–Crippen MR) is 54.1 cm³/mol. The SMILES string of the molecule is Cc1nn(C)cc1C(=O)NCCBr. The zero-order chi connectivity index (χ0) is 9.84. The summed E-state index contributed by atoms with van der Waals surface area (Å²) in [6, 6.07) is 0. The summed E-state index contributed by atoms with van der Waals surface area (Å²) in [6.07, 6.45) is 1.72. The number of hydrogen-bond acceptors (Lipinski definition) is 2. The van der Waals surface area contributed by atoms with Crippen molar-refractivity contribution >= 4 is 21.8 Å². The first-order valence-corrected chi connectivity index (χ1v) is 5.11. The second kappa shape index (κ2) is 4.41. The van der Waals surface area contributed by atoms with Gasteiger partial charge in [-0.05, 0) is 6.92 Å². The predicted octanol–water partition coefficient (Wildman–Crippen LogP) is 0.853. The number of nitrogens with one attached hydrogen (secondary N) is 1. The van der Waals surface area contributed by atoms with E-state index in [-0.39, 0.29) is 5.91 Å². The molecule has 0 aliphatic rings. The van der Waals surface area contributed by atoms with Crippen LogP contribution in [-0.2, 0) is 7.05 Å². The number of amides is 1. The third-order valence-electron chi connectivity index (χ3n) is 1.64. The summed E-state index contributed by atoms with van der Waals surface area (Å²) in [5.41, 5.74) is 1.40. The number of aryl methyl sites for hydroxylation is 2. The van der Waals surface area contributed by atoms with Crippen LogP contribution in [0.5, 0.6) is 0 Å². The molecule has 5 heteroatoms. The van der Waals surface area contributed by atoms with Crippen LogP contribution in [0.25, 0.3) is 0 Å². The van der Waals surface area contributed by atoms with Crippen LogP contribution >= 0.6 is 15.9 Å². The van der Waals surface area contributed by atoms with Crippen molar-refractivity contribution in [1.29, 1.82) is 0 Å². The van der Waals surface area contributed by atoms with E-state index in [1.807, 2.05) is 6.92 Å². The van der Waals surface area contributed by atoms with Crippen LogP contribution in [-0.4, -0.2) is 27.6 Å². The molecule has 0 spiro atoms. The minimum absolute atomic E-state index is 0.0648. The summed E-state index contributed by atoms with van der Waals surface area (Å²) in [4.78, 5) is 11.5. The molecule has 1 heterocycles. The molecule has 4 nitrogen and oxygen atoms in total. The van der Waals surface area contributed by atoms with Crippen molar-refractivity contribution in [3.8, 4) is 0 Å². The van der Waals surface area contributed by atoms with Crippen molar-refractivity contribution in [2.75, 3.05) is 11.9 Å². The Labute approximate surface area is 85.4 Å². The number of halogens is 1. The van der Waals surface area contributed by atoms with Gasteiger partial charge in [0.05, 0.1) is 11.3 Å². The largest absolute Gasteiger partial charge is 0.351 e. The Hall–Kier alpha value is -0.840. The molecule has 0 radical (unpaired) electrons. The van der Waals surface area contributed by atoms with Gasteiger partial charge >= 0.3 is 0 Å². The molecule has 1 N–H and O–H groups in total. The molecule has 13 heavy (non-hydrogen) atoms. The van der Waals surface area contributed by atoms with Crippen molar-refractivity contribution in [3.63, 3.8) is 0 Å². The van der Waals surface area contributed by atoms with Gasteiger partial charge in [0.2, 0.25) is 0 Å². The molecule has 1 rings (SSSR count). The van der Waals surface area contributed by atoms with Gasteiger partial charge in [-0.1, -0.05) is 15.9 Å². The van der Waals surface area contributed by atoms with E-state index in [4.69, 9.17) is 0 Å². The van der Waals surface area contributed by atoms with Gasteiger partial charge in [-0.2, -0.15) is 5.10 Å². The molecular formula is C8H12BrN3O. The summed E-state index contributed by atoms with van der Waals surface area (Å²) < 4.78 is 1.64. The third-order valence-corrected chi connectivity index (χ3v) is 2.03. The third kappa shape index (κ3) is 2.55. The van der Waals surface area contributed by atoms with E-state index in [1.165, 1.54) is 0 Å². The Morgan fingerprint density at radius 3 is 2.92 bits per heavy atom. The van der Waals surface area contributed by atoms with Crippen molar-refractivity contribution in [3.05, 3.63) is 17.5 Å². The van der Waals surface area contributed by atoms with Gasteiger partial charge in [0, 0.05) is 25.1 Å². The summed E-state index contributed by atoms with van der Waals surface area (Å²) in [6.45, 7) is 2.45. The van der Waals surface area contributed by atoms with Gasteiger partial charge in [0.25, 0.3) is 5.91 Å². The zero-order valence-electron chi connectivity index (χ0n) is 7.67. The van der Waals surface area contributed by atoms with Crippen molar-refractivity contribution in [2.24, 2.45) is 7.05 Å². The Bertz CT molecular complexity index is 308. The van der Waals surface area contributed by atoms with Crippen LogP contribution in [0, 0.1) is 6.92 Å². The van der Waals surface area contributed by atoms with Gasteiger partial charge in [-0.3, -0.25) is 9.48 Å². The molecule has 1 aromatic heterocycles. The van der Waals surface area contributed by atoms with Gasteiger partial charge in [-0.25, -0.2) is 0 Å². The van der Waals surface area contributed by atoms with E-state index in [0.29, 0.717) is 12.1 Å². The van der Waals surface area contributed by atoms with Crippen LogP contribution in [0.15, 0.2) is 6.20 Å². The van der Waals surface area contributed by atoms with Crippen molar-refractivity contribution in [1.82, 2.24) is 15.1 Å². The number of alkyl halides is 1. The number of aromatic nitrogens is 2. The number of carbonyl (C=O) groups excluding carboxylic acids is 1. The Morgan fingerprint density at radius 2 is 2.46 bits per heavy atom. The average Bonchev–Trinajstić information content (AvgIpc) is 2.41. The molecule has 0 saturated carbocycles. The fraction of sp³-hybridized carbons (Fsp3) is 0.500. The fourth-order valence-corrected chi connectivity index (χ4v) is 1.28. The first kappa shape index (κ1) is 10.2. The summed E-state index contributed by atoms with van der Waals surface area (Å²) in [5.74, 6) is -0.0648. The highest BCUT2D eigenvalue weighted by Gasteiger charge is 2.10. The molecule has 0 atom stereocenters. The standard InChI is InChI=1S/C8H12BrN3O/c1-6-7(5-12(2)11-6)8(13)10-4-3-9/h5H,3-4H2,1-2H3,(H,10,13). The highest BCUT2D eigenvalue weighted by Crippen LogP contribution is 2.03. The molecule has 1 amide bonds. The molecule has 0 fully saturated rings. The number of hydrogen-bond donors (Lipinski definition) is 1. The minimum Gasteiger partial charge on any atom is -0.351 e. The monoisotopic (exact) mass is 245 g/mol. The second-order valence-electron chi connectivity index (χ2n) is 2.75. The molecule has 0 aliphatic heterocycles. The zero-order valence-corrected chi connectivity index (χ0v) is 9.26. The lowest BCUT2D eigenvalue weighted by atomic mass is 10.2. The van der Waals surface area contributed by atoms with E-state index < -0.39 is 0 Å². The maximum absolute atomic E-state index is 11.5. The molecule has 0 unspecified atom stereocenters. The Morgan fingerprint density at radius 1 is 1.77 bits per heavy atom. The fourth-order valence-electron chi connectivity index (χ4n) is 1.08. The van der Waals surface area contributed by atoms with Crippen LogP contribution in [0.1, 0.15) is 16.1 Å². The molecule has 72 valence electrons. The number of nitrogens with zero attached hydrogens (tertiary/aromatic N) is 2. The molecule has 0 aliphatic carbocycles. The Kier molecular flexibility index (Phi) is 3.48. The minimum atomic E-state index is -0.0648. The summed E-state index contributed by atoms with van der Waals surface area (Å²) in [7, 11) is 1.80. The summed E-state index contributed by atoms with van der Waals surface area (Å²) in [5, 5.41) is 7.61. The average molecular weight is 246 g/mol. The molecule has 0 saturated heterocycles. The van der Waals surface area contributed by atoms with Gasteiger partial charge in [-0.15, -0.1) is 0 Å². The normalized spacial score (nSPS) is 10.1. The lowest BCUT2D eigenvalue weighted by Crippen LogP contribution is -2.25. The van der Waals surface area contributed by atoms with Gasteiger partial charge < -0.3 is 5.32 Å². The van der Waals surface area contributed by atoms with Gasteiger partial charge in [0.1, 0.15) is 0 Å². The van der Waals surface area contributed by atoms with E-state index in [0.717, 1.165) is 11.0 Å². The van der Waals surface area contributed by atoms with Crippen LogP contribution in [0.3, 0.4) is 0 Å². The molecular weight excluding hydrogens is 234 g/mol. The molecule has 0 bridgehead atoms. The van der Waals surface area contributed by atoms with E-state index in [2.05, 4.69) is 26.3 Å². The molecule has 1 aromatic rings. The maximum Gasteiger partial charge on any atom is 0.254 e. The smallest absolute Gasteiger partial charge is 0.254 e. The summed E-state index contributed by atoms with van der Waals surface area (Å²) >= 11 is 3.24. The van der Waals surface area contributed by atoms with Gasteiger partial charge in [0.15, 0.2) is 0 Å². The van der Waals surface area contributed by atoms with E-state index in [1.54, 1.807) is 17.9 Å². The van der Waals surface area contributed by atoms with Crippen LogP contribution < -0.4 is 5.32 Å². The number of carbonyl (C=O) groups is 1.